The van der Waals surface area contributed by atoms with E-state index in [2.05, 4.69) is 131 Å². The van der Waals surface area contributed by atoms with Gasteiger partial charge < -0.3 is 15.2 Å². The predicted molar refractivity (Wildman–Crippen MR) is 280 cm³/mol. The van der Waals surface area contributed by atoms with Crippen LogP contribution in [-0.4, -0.2) is 28.5 Å². The molecule has 0 fully saturated rings. The lowest BCUT2D eigenvalue weighted by molar-refractivity contribution is 0.0980. The Morgan fingerprint density at radius 2 is 0.986 bits per heavy atom. The third-order valence-electron chi connectivity index (χ3n) is 12.5. The molecule has 6 bridgehead atoms. The van der Waals surface area contributed by atoms with E-state index in [-0.39, 0.29) is 60.6 Å². The first kappa shape index (κ1) is 50.5. The number of nitrogens with zero attached hydrogens (tertiary/aromatic N) is 5. The van der Waals surface area contributed by atoms with Crippen molar-refractivity contribution in [3.05, 3.63) is 176 Å². The molecule has 2 amide bonds. The van der Waals surface area contributed by atoms with Gasteiger partial charge in [0, 0.05) is 12.8 Å². The highest BCUT2D eigenvalue weighted by molar-refractivity contribution is 6.13. The van der Waals surface area contributed by atoms with Gasteiger partial charge in [-0.05, 0) is 127 Å². The highest BCUT2D eigenvalue weighted by Gasteiger charge is 2.34. The van der Waals surface area contributed by atoms with Crippen LogP contribution in [0, 0.1) is 0 Å². The van der Waals surface area contributed by atoms with Crippen LogP contribution in [-0.2, 0) is 70.7 Å². The summed E-state index contributed by atoms with van der Waals surface area (Å²) in [7, 11) is 0. The van der Waals surface area contributed by atoms with Crippen LogP contribution in [0.25, 0.3) is 0 Å². The Morgan fingerprint density at radius 3 is 1.43 bits per heavy atom. The molecule has 2 N–H and O–H groups in total. The number of pyridine rings is 2. The van der Waals surface area contributed by atoms with Crippen molar-refractivity contribution in [1.82, 2.24) is 9.97 Å². The maximum Gasteiger partial charge on any atom is 0.338 e. The molecule has 1 aliphatic heterocycles. The van der Waals surface area contributed by atoms with E-state index >= 15 is 4.79 Å². The Hall–Kier alpha value is -6.33. The number of urea groups is 1. The molecule has 6 aromatic rings. The van der Waals surface area contributed by atoms with Crippen molar-refractivity contribution in [2.24, 2.45) is 10.7 Å². The Morgan fingerprint density at radius 1 is 0.551 bits per heavy atom. The molecule has 0 spiro atoms. The number of fused-ring (bicyclic) bond motifs is 6. The number of hydrogen-bond acceptors (Lipinski definition) is 8. The summed E-state index contributed by atoms with van der Waals surface area (Å²) in [5.41, 5.74) is 18.5. The molecule has 0 saturated carbocycles. The van der Waals surface area contributed by atoms with Crippen LogP contribution < -0.4 is 15.5 Å². The third-order valence-corrected chi connectivity index (χ3v) is 12.5. The Kier molecular flexibility index (Phi) is 14.9. The van der Waals surface area contributed by atoms with E-state index in [1.807, 2.05) is 64.4 Å². The summed E-state index contributed by atoms with van der Waals surface area (Å²) >= 11 is 0. The van der Waals surface area contributed by atoms with E-state index in [1.165, 1.54) is 0 Å². The summed E-state index contributed by atoms with van der Waals surface area (Å²) in [4.78, 5) is 46.5. The molecular weight excluding hydrogens is 857 g/mol. The van der Waals surface area contributed by atoms with Crippen LogP contribution in [0.4, 0.5) is 27.5 Å². The van der Waals surface area contributed by atoms with Crippen molar-refractivity contribution in [2.75, 3.05) is 9.80 Å². The molecule has 7 rings (SSSR count). The van der Waals surface area contributed by atoms with Gasteiger partial charge in [0.2, 0.25) is 0 Å². The smallest absolute Gasteiger partial charge is 0.338 e. The molecule has 0 unspecified atom stereocenters. The standard InChI is InChI=1S/C59H70N6O4/c1-56(2,3)43-25-44(57(4,5)6)28-51(27-43)64-53-23-39(19-21-41(53)31-60)35-68-37-49-17-14-18-50(63-49)38-69-36-40-20-22-42(32-61-33-47-15-13-16-48(34-66)62-47)54(24-40)65(55(64)67)52-29-45(58(7,8)9)26-46(30-52)59(10,11)12/h13-30,33-34H,31-32,35-38,60H2,1-12H3/b61-33+. The number of aromatic nitrogens is 2. The van der Waals surface area contributed by atoms with E-state index < -0.39 is 0 Å². The van der Waals surface area contributed by atoms with E-state index in [9.17, 15) is 4.79 Å². The molecule has 1 aliphatic rings. The molecule has 69 heavy (non-hydrogen) atoms. The number of ether oxygens (including phenoxy) is 2. The largest absolute Gasteiger partial charge is 0.370 e. The molecule has 3 heterocycles. The lowest BCUT2D eigenvalue weighted by Crippen LogP contribution is -2.40. The Labute approximate surface area is 410 Å². The number of carbonyl (C=O) groups excluding carboxylic acids is 2. The summed E-state index contributed by atoms with van der Waals surface area (Å²) in [6.45, 7) is 27.9. The molecule has 2 aromatic heterocycles. The number of nitrogens with two attached hydrogens (primary N) is 1. The fourth-order valence-corrected chi connectivity index (χ4v) is 8.22. The highest BCUT2D eigenvalue weighted by atomic mass is 16.5. The molecule has 0 radical (unpaired) electrons. The number of hydrogen-bond donors (Lipinski definition) is 1. The van der Waals surface area contributed by atoms with Gasteiger partial charge in [-0.15, -0.1) is 0 Å². The minimum Gasteiger partial charge on any atom is -0.370 e. The van der Waals surface area contributed by atoms with Gasteiger partial charge in [0.05, 0.1) is 72.8 Å². The fraction of sp³-hybridized carbons (Fsp3) is 0.373. The molecular formula is C59H70N6O4. The molecule has 360 valence electrons. The number of rotatable bonds is 7. The third kappa shape index (κ3) is 12.3. The minimum absolute atomic E-state index is 0.182. The van der Waals surface area contributed by atoms with Gasteiger partial charge in [-0.25, -0.2) is 9.78 Å². The SMILES string of the molecule is CC(C)(C)c1cc(N2C(=O)N(c3cc(C(C)(C)C)cc(C(C)(C)C)c3)c3cc(ccc3C/N=C/c3cccc(C=O)n3)COCc3cccc(n3)COCc3ccc(CN)c2c3)cc(C(C)(C)C)c1. The van der Waals surface area contributed by atoms with Crippen LogP contribution in [0.3, 0.4) is 0 Å². The minimum atomic E-state index is -0.302. The van der Waals surface area contributed by atoms with Crippen molar-refractivity contribution >= 4 is 41.3 Å². The monoisotopic (exact) mass is 927 g/mol. The fourth-order valence-electron chi connectivity index (χ4n) is 8.22. The summed E-state index contributed by atoms with van der Waals surface area (Å²) in [6, 6.07) is 36.2. The predicted octanol–water partition coefficient (Wildman–Crippen LogP) is 13.4. The number of aldehydes is 1. The summed E-state index contributed by atoms with van der Waals surface area (Å²) in [5, 5.41) is 0. The number of aliphatic imine (C=N–C) groups is 1. The van der Waals surface area contributed by atoms with Gasteiger partial charge in [-0.2, -0.15) is 0 Å². The zero-order valence-electron chi connectivity index (χ0n) is 42.7. The maximum atomic E-state index is 17.0. The molecule has 0 aliphatic carbocycles. The first-order valence-electron chi connectivity index (χ1n) is 23.9. The van der Waals surface area contributed by atoms with E-state index in [1.54, 1.807) is 18.3 Å². The first-order valence-corrected chi connectivity index (χ1v) is 23.9. The van der Waals surface area contributed by atoms with Gasteiger partial charge in [0.1, 0.15) is 5.69 Å². The van der Waals surface area contributed by atoms with Crippen LogP contribution >= 0.6 is 0 Å². The van der Waals surface area contributed by atoms with Crippen LogP contribution in [0.5, 0.6) is 0 Å². The number of carbonyl (C=O) groups is 2. The van der Waals surface area contributed by atoms with Gasteiger partial charge in [0.25, 0.3) is 0 Å². The van der Waals surface area contributed by atoms with E-state index in [0.717, 1.165) is 62.2 Å². The van der Waals surface area contributed by atoms with Gasteiger partial charge in [0.15, 0.2) is 6.29 Å². The maximum absolute atomic E-state index is 17.0. The average molecular weight is 927 g/mol. The van der Waals surface area contributed by atoms with Crippen molar-refractivity contribution in [3.8, 4) is 0 Å². The second kappa shape index (κ2) is 20.3. The lowest BCUT2D eigenvalue weighted by atomic mass is 9.80. The molecule has 0 saturated heterocycles. The van der Waals surface area contributed by atoms with E-state index in [4.69, 9.17) is 25.2 Å². The van der Waals surface area contributed by atoms with Gasteiger partial charge in [-0.1, -0.05) is 132 Å². The normalized spacial score (nSPS) is 14.5. The first-order chi connectivity index (χ1) is 32.5. The second-order valence-corrected chi connectivity index (χ2v) is 22.3. The van der Waals surface area contributed by atoms with Crippen LogP contribution in [0.1, 0.15) is 155 Å². The average Bonchev–Trinajstić information content (AvgIpc) is 3.28. The quantitative estimate of drug-likeness (QED) is 0.125. The molecule has 0 atom stereocenters. The number of anilines is 4. The molecule has 10 heteroatoms. The van der Waals surface area contributed by atoms with Gasteiger partial charge >= 0.3 is 6.03 Å². The number of benzene rings is 4. The zero-order valence-corrected chi connectivity index (χ0v) is 42.7. The van der Waals surface area contributed by atoms with Gasteiger partial charge in [-0.3, -0.25) is 24.6 Å². The Bertz CT molecular complexity index is 2790. The molecule has 10 nitrogen and oxygen atoms in total. The van der Waals surface area contributed by atoms with E-state index in [0.29, 0.717) is 40.7 Å². The van der Waals surface area contributed by atoms with Crippen molar-refractivity contribution < 1.29 is 19.1 Å². The second-order valence-electron chi connectivity index (χ2n) is 22.3. The molecule has 4 aromatic carbocycles. The lowest BCUT2D eigenvalue weighted by Gasteiger charge is -2.36. The van der Waals surface area contributed by atoms with Crippen molar-refractivity contribution in [3.63, 3.8) is 0 Å². The number of amides is 2. The van der Waals surface area contributed by atoms with Crippen molar-refractivity contribution in [2.45, 2.75) is 144 Å². The topological polar surface area (TPSA) is 123 Å². The highest BCUT2D eigenvalue weighted by Crippen LogP contribution is 2.43. The zero-order chi connectivity index (χ0) is 49.9. The van der Waals surface area contributed by atoms with Crippen LogP contribution in [0.15, 0.2) is 114 Å². The van der Waals surface area contributed by atoms with Crippen molar-refractivity contribution in [1.29, 1.82) is 0 Å². The summed E-state index contributed by atoms with van der Waals surface area (Å²) in [6.07, 6.45) is 2.39. The summed E-state index contributed by atoms with van der Waals surface area (Å²) < 4.78 is 12.8. The summed E-state index contributed by atoms with van der Waals surface area (Å²) in [5.74, 6) is 0. The van der Waals surface area contributed by atoms with Crippen LogP contribution in [0.2, 0.25) is 0 Å². The Balaban J connectivity index is 1.58.